The molecule has 0 fully saturated rings. The van der Waals surface area contributed by atoms with Crippen LogP contribution in [0.2, 0.25) is 0 Å². The van der Waals surface area contributed by atoms with E-state index in [-0.39, 0.29) is 31.1 Å². The summed E-state index contributed by atoms with van der Waals surface area (Å²) >= 11 is 0. The highest BCUT2D eigenvalue weighted by Crippen LogP contribution is 2.15. The van der Waals surface area contributed by atoms with Crippen molar-refractivity contribution in [2.75, 3.05) is 13.2 Å². The van der Waals surface area contributed by atoms with Crippen LogP contribution in [0.15, 0.2) is 146 Å². The van der Waals surface area contributed by atoms with Gasteiger partial charge in [0.2, 0.25) is 0 Å². The highest BCUT2D eigenvalue weighted by molar-refractivity contribution is 5.71. The van der Waals surface area contributed by atoms with Crippen LogP contribution in [0.5, 0.6) is 0 Å². The van der Waals surface area contributed by atoms with Gasteiger partial charge in [0.15, 0.2) is 6.10 Å². The molecule has 0 aromatic carbocycles. The Morgan fingerprint density at radius 2 is 0.476 bits per heavy atom. The zero-order valence-electron chi connectivity index (χ0n) is 53.2. The van der Waals surface area contributed by atoms with Gasteiger partial charge in [-0.2, -0.15) is 0 Å². The summed E-state index contributed by atoms with van der Waals surface area (Å²) < 4.78 is 16.9. The van der Waals surface area contributed by atoms with E-state index in [2.05, 4.69) is 167 Å². The van der Waals surface area contributed by atoms with E-state index in [4.69, 9.17) is 14.2 Å². The molecule has 6 nitrogen and oxygen atoms in total. The number of carbonyl (C=O) groups is 3. The summed E-state index contributed by atoms with van der Waals surface area (Å²) in [5.74, 6) is -0.918. The second kappa shape index (κ2) is 68.8. The lowest BCUT2D eigenvalue weighted by molar-refractivity contribution is -0.167. The van der Waals surface area contributed by atoms with Crippen molar-refractivity contribution in [3.05, 3.63) is 146 Å². The first kappa shape index (κ1) is 77.3. The molecule has 0 rings (SSSR count). The van der Waals surface area contributed by atoms with Crippen LogP contribution in [0.1, 0.15) is 297 Å². The minimum atomic E-state index is -0.799. The molecule has 0 aromatic heterocycles. The van der Waals surface area contributed by atoms with Gasteiger partial charge in [0.1, 0.15) is 13.2 Å². The van der Waals surface area contributed by atoms with Crippen LogP contribution in [-0.4, -0.2) is 37.2 Å². The molecule has 0 aliphatic heterocycles. The van der Waals surface area contributed by atoms with Gasteiger partial charge in [-0.25, -0.2) is 0 Å². The molecule has 0 amide bonds. The Bertz CT molecular complexity index is 1780. The van der Waals surface area contributed by atoms with E-state index in [9.17, 15) is 14.4 Å². The summed E-state index contributed by atoms with van der Waals surface area (Å²) in [6, 6.07) is 0. The molecule has 0 aliphatic rings. The quantitative estimate of drug-likeness (QED) is 0.0261. The molecule has 0 bridgehead atoms. The number of hydrogen-bond donors (Lipinski definition) is 0. The largest absolute Gasteiger partial charge is 0.462 e. The van der Waals surface area contributed by atoms with Gasteiger partial charge in [-0.3, -0.25) is 14.4 Å². The molecule has 0 saturated carbocycles. The standard InChI is InChI=1S/C76H124O6/c1-4-7-10-13-16-19-22-25-28-30-32-33-34-35-36-37-38-39-40-41-42-43-45-46-48-51-54-57-60-63-66-69-75(78)81-72-73(71-80-74(77)68-65-62-59-56-53-50-27-24-21-18-15-12-9-6-3)82-76(79)70-67-64-61-58-55-52-49-47-44-31-29-26-23-20-17-14-11-8-5-2/h7-8,10-11,16-17,19-20,24-29,32-33,35-36,38-39,41-42,44,47,73H,4-6,9,12-15,18,21-23,30-31,34,37,40,43,45-46,48-72H2,1-3H3/b10-7-,11-8-,19-16-,20-17-,27-24-,28-25-,29-26-,33-32-,36-35-,39-38-,42-41-,47-44-. The summed E-state index contributed by atoms with van der Waals surface area (Å²) in [6.45, 7) is 6.39. The maximum atomic E-state index is 12.9. The Labute approximate surface area is 506 Å². The Morgan fingerprint density at radius 3 is 0.756 bits per heavy atom. The lowest BCUT2D eigenvalue weighted by atomic mass is 10.1. The molecule has 0 radical (unpaired) electrons. The molecule has 464 valence electrons. The summed E-state index contributed by atoms with van der Waals surface area (Å²) in [5.41, 5.74) is 0. The third kappa shape index (κ3) is 66.1. The van der Waals surface area contributed by atoms with Crippen LogP contribution in [0.3, 0.4) is 0 Å². The van der Waals surface area contributed by atoms with Gasteiger partial charge >= 0.3 is 17.9 Å². The smallest absolute Gasteiger partial charge is 0.306 e. The van der Waals surface area contributed by atoms with Gasteiger partial charge in [0.05, 0.1) is 0 Å². The summed E-state index contributed by atoms with van der Waals surface area (Å²) in [4.78, 5) is 38.4. The van der Waals surface area contributed by atoms with Gasteiger partial charge in [0, 0.05) is 19.3 Å². The second-order valence-corrected chi connectivity index (χ2v) is 22.0. The number of hydrogen-bond acceptors (Lipinski definition) is 6. The van der Waals surface area contributed by atoms with Crippen LogP contribution in [0, 0.1) is 0 Å². The monoisotopic (exact) mass is 1130 g/mol. The predicted octanol–water partition coefficient (Wildman–Crippen LogP) is 23.5. The molecular formula is C76H124O6. The SMILES string of the molecule is CC/C=C\C/C=C\C/C=C\C/C=C\C/C=C\C/C=C\C/C=C\CCCCCCCCCCCC(=O)OCC(COC(=O)CCCCCCC/C=C\CCCCCCC)OC(=O)CCCCCCCC/C=C\C/C=C\C/C=C\C/C=C\CC. The Balaban J connectivity index is 4.35. The predicted molar refractivity (Wildman–Crippen MR) is 357 cm³/mol. The number of allylic oxidation sites excluding steroid dienone is 24. The van der Waals surface area contributed by atoms with E-state index in [1.807, 2.05) is 0 Å². The second-order valence-electron chi connectivity index (χ2n) is 22.0. The van der Waals surface area contributed by atoms with Crippen LogP contribution >= 0.6 is 0 Å². The van der Waals surface area contributed by atoms with Crippen LogP contribution in [0.25, 0.3) is 0 Å². The van der Waals surface area contributed by atoms with E-state index >= 15 is 0 Å². The van der Waals surface area contributed by atoms with Gasteiger partial charge in [0.25, 0.3) is 0 Å². The van der Waals surface area contributed by atoms with E-state index in [1.165, 1.54) is 103 Å². The summed E-state index contributed by atoms with van der Waals surface area (Å²) in [7, 11) is 0. The van der Waals surface area contributed by atoms with Gasteiger partial charge < -0.3 is 14.2 Å². The van der Waals surface area contributed by atoms with Crippen molar-refractivity contribution in [3.63, 3.8) is 0 Å². The number of esters is 3. The Kier molecular flexibility index (Phi) is 64.8. The molecule has 1 atom stereocenters. The van der Waals surface area contributed by atoms with E-state index in [1.54, 1.807) is 0 Å². The Hall–Kier alpha value is -4.71. The number of unbranched alkanes of at least 4 members (excludes halogenated alkanes) is 25. The third-order valence-electron chi connectivity index (χ3n) is 14.1. The highest BCUT2D eigenvalue weighted by atomic mass is 16.6. The first-order chi connectivity index (χ1) is 40.5. The summed E-state index contributed by atoms with van der Waals surface area (Å²) in [6.07, 6.45) is 98.5. The molecule has 0 saturated heterocycles. The minimum absolute atomic E-state index is 0.0934. The number of ether oxygens (including phenoxy) is 3. The normalized spacial score (nSPS) is 13.1. The molecule has 0 aliphatic carbocycles. The summed E-state index contributed by atoms with van der Waals surface area (Å²) in [5, 5.41) is 0. The van der Waals surface area contributed by atoms with E-state index in [0.717, 1.165) is 154 Å². The Morgan fingerprint density at radius 1 is 0.256 bits per heavy atom. The van der Waals surface area contributed by atoms with Crippen molar-refractivity contribution in [3.8, 4) is 0 Å². The highest BCUT2D eigenvalue weighted by Gasteiger charge is 2.19. The van der Waals surface area contributed by atoms with Crippen LogP contribution < -0.4 is 0 Å². The third-order valence-corrected chi connectivity index (χ3v) is 14.1. The fourth-order valence-electron chi connectivity index (χ4n) is 9.06. The zero-order valence-corrected chi connectivity index (χ0v) is 53.2. The van der Waals surface area contributed by atoms with Crippen molar-refractivity contribution >= 4 is 17.9 Å². The van der Waals surface area contributed by atoms with Crippen molar-refractivity contribution < 1.29 is 28.6 Å². The lowest BCUT2D eigenvalue weighted by Crippen LogP contribution is -2.30. The molecule has 0 heterocycles. The maximum Gasteiger partial charge on any atom is 0.306 e. The van der Waals surface area contributed by atoms with Crippen molar-refractivity contribution in [2.24, 2.45) is 0 Å². The average Bonchev–Trinajstić information content (AvgIpc) is 3.47. The molecule has 0 aromatic rings. The van der Waals surface area contributed by atoms with Gasteiger partial charge in [-0.1, -0.05) is 282 Å². The average molecular weight is 1130 g/mol. The van der Waals surface area contributed by atoms with Crippen molar-refractivity contribution in [1.29, 1.82) is 0 Å². The van der Waals surface area contributed by atoms with Crippen molar-refractivity contribution in [1.82, 2.24) is 0 Å². The number of carbonyl (C=O) groups excluding carboxylic acids is 3. The molecule has 82 heavy (non-hydrogen) atoms. The number of rotatable bonds is 60. The molecule has 0 N–H and O–H groups in total. The van der Waals surface area contributed by atoms with E-state index < -0.39 is 6.10 Å². The topological polar surface area (TPSA) is 78.9 Å². The first-order valence-electron chi connectivity index (χ1n) is 33.8. The molecule has 1 unspecified atom stereocenters. The molecule has 6 heteroatoms. The van der Waals surface area contributed by atoms with E-state index in [0.29, 0.717) is 19.3 Å². The van der Waals surface area contributed by atoms with Crippen molar-refractivity contribution in [2.45, 2.75) is 303 Å². The van der Waals surface area contributed by atoms with Crippen LogP contribution in [0.4, 0.5) is 0 Å². The molecular weight excluding hydrogens is 1010 g/mol. The fourth-order valence-corrected chi connectivity index (χ4v) is 9.06. The maximum absolute atomic E-state index is 12.9. The minimum Gasteiger partial charge on any atom is -0.462 e. The fraction of sp³-hybridized carbons (Fsp3) is 0.645. The van der Waals surface area contributed by atoms with Gasteiger partial charge in [-0.05, 0) is 141 Å². The van der Waals surface area contributed by atoms with Crippen LogP contribution in [-0.2, 0) is 28.6 Å². The molecule has 0 spiro atoms. The van der Waals surface area contributed by atoms with Gasteiger partial charge in [-0.15, -0.1) is 0 Å². The zero-order chi connectivity index (χ0) is 59.2. The first-order valence-corrected chi connectivity index (χ1v) is 33.8. The lowest BCUT2D eigenvalue weighted by Gasteiger charge is -2.18.